The molecule has 106 valence electrons. The van der Waals surface area contributed by atoms with Gasteiger partial charge in [-0.1, -0.05) is 6.42 Å². The Labute approximate surface area is 117 Å². The lowest BCUT2D eigenvalue weighted by atomic mass is 9.85. The zero-order valence-corrected chi connectivity index (χ0v) is 12.2. The van der Waals surface area contributed by atoms with Gasteiger partial charge in [-0.2, -0.15) is 5.26 Å². The van der Waals surface area contributed by atoms with E-state index >= 15 is 0 Å². The van der Waals surface area contributed by atoms with Crippen LogP contribution in [0.15, 0.2) is 0 Å². The van der Waals surface area contributed by atoms with Gasteiger partial charge in [0.2, 0.25) is 0 Å². The summed E-state index contributed by atoms with van der Waals surface area (Å²) in [5.41, 5.74) is -0.193. The maximum absolute atomic E-state index is 9.66. The molecule has 3 aliphatic rings. The van der Waals surface area contributed by atoms with Crippen molar-refractivity contribution in [3.8, 4) is 6.07 Å². The Morgan fingerprint density at radius 2 is 2.05 bits per heavy atom. The molecule has 0 amide bonds. The minimum atomic E-state index is -0.193. The predicted molar refractivity (Wildman–Crippen MR) is 76.7 cm³/mol. The van der Waals surface area contributed by atoms with E-state index in [4.69, 9.17) is 0 Å². The van der Waals surface area contributed by atoms with Crippen molar-refractivity contribution in [1.82, 2.24) is 10.2 Å². The van der Waals surface area contributed by atoms with E-state index in [0.29, 0.717) is 12.0 Å². The Balaban J connectivity index is 1.51. The van der Waals surface area contributed by atoms with E-state index in [-0.39, 0.29) is 5.54 Å². The third-order valence-electron chi connectivity index (χ3n) is 5.19. The smallest absolute Gasteiger partial charge is 0.109 e. The molecular weight excluding hydrogens is 234 g/mol. The molecule has 0 bridgehead atoms. The fourth-order valence-electron chi connectivity index (χ4n) is 3.64. The first kappa shape index (κ1) is 13.4. The van der Waals surface area contributed by atoms with Gasteiger partial charge in [0.25, 0.3) is 0 Å². The zero-order valence-electron chi connectivity index (χ0n) is 12.2. The van der Waals surface area contributed by atoms with Crippen molar-refractivity contribution in [3.05, 3.63) is 0 Å². The van der Waals surface area contributed by atoms with E-state index < -0.39 is 0 Å². The van der Waals surface area contributed by atoms with Gasteiger partial charge >= 0.3 is 0 Å². The van der Waals surface area contributed by atoms with Crippen LogP contribution in [-0.4, -0.2) is 36.6 Å². The van der Waals surface area contributed by atoms with Crippen LogP contribution < -0.4 is 5.32 Å². The Morgan fingerprint density at radius 3 is 2.68 bits per heavy atom. The number of hydrogen-bond donors (Lipinski definition) is 1. The minimum Gasteiger partial charge on any atom is -0.306 e. The van der Waals surface area contributed by atoms with Crippen LogP contribution in [0, 0.1) is 23.2 Å². The minimum absolute atomic E-state index is 0.193. The van der Waals surface area contributed by atoms with Crippen molar-refractivity contribution in [2.24, 2.45) is 11.8 Å². The second-order valence-corrected chi connectivity index (χ2v) is 7.09. The normalized spacial score (nSPS) is 34.7. The highest BCUT2D eigenvalue weighted by Gasteiger charge is 2.45. The average molecular weight is 261 g/mol. The first-order chi connectivity index (χ1) is 9.22. The van der Waals surface area contributed by atoms with Crippen LogP contribution in [0.5, 0.6) is 0 Å². The van der Waals surface area contributed by atoms with Gasteiger partial charge in [0, 0.05) is 12.6 Å². The summed E-state index contributed by atoms with van der Waals surface area (Å²) in [7, 11) is 2.25. The molecule has 3 heteroatoms. The lowest BCUT2D eigenvalue weighted by molar-refractivity contribution is 0.243. The molecule has 0 aromatic rings. The summed E-state index contributed by atoms with van der Waals surface area (Å²) in [6.07, 6.45) is 10.1. The van der Waals surface area contributed by atoms with E-state index in [2.05, 4.69) is 23.3 Å². The predicted octanol–water partition coefficient (Wildman–Crippen LogP) is 2.53. The standard InChI is InChI=1S/C16H27N3/c1-19(11-13-4-5-13)10-8-14-3-2-9-16(14,12-17)18-15-6-7-15/h13-15,18H,2-11H2,1H3. The first-order valence-electron chi connectivity index (χ1n) is 8.09. The topological polar surface area (TPSA) is 39.1 Å². The van der Waals surface area contributed by atoms with Gasteiger partial charge in [-0.25, -0.2) is 0 Å². The zero-order chi connectivity index (χ0) is 13.3. The molecule has 0 saturated heterocycles. The number of nitrogens with one attached hydrogen (secondary N) is 1. The molecule has 3 fully saturated rings. The molecular formula is C16H27N3. The SMILES string of the molecule is CN(CCC1CCCC1(C#N)NC1CC1)CC1CC1. The van der Waals surface area contributed by atoms with Crippen molar-refractivity contribution < 1.29 is 0 Å². The largest absolute Gasteiger partial charge is 0.306 e. The van der Waals surface area contributed by atoms with Gasteiger partial charge in [0.05, 0.1) is 6.07 Å². The van der Waals surface area contributed by atoms with Gasteiger partial charge in [0.15, 0.2) is 0 Å². The molecule has 3 rings (SSSR count). The van der Waals surface area contributed by atoms with Crippen LogP contribution in [-0.2, 0) is 0 Å². The Bertz CT molecular complexity index is 353. The van der Waals surface area contributed by atoms with Crippen LogP contribution in [0.25, 0.3) is 0 Å². The maximum atomic E-state index is 9.66. The van der Waals surface area contributed by atoms with E-state index in [1.54, 1.807) is 0 Å². The molecule has 3 nitrogen and oxygen atoms in total. The highest BCUT2D eigenvalue weighted by Crippen LogP contribution is 2.40. The fraction of sp³-hybridized carbons (Fsp3) is 0.938. The van der Waals surface area contributed by atoms with Gasteiger partial charge in [-0.15, -0.1) is 0 Å². The number of nitrogens with zero attached hydrogens (tertiary/aromatic N) is 2. The quantitative estimate of drug-likeness (QED) is 0.765. The molecule has 0 aliphatic heterocycles. The number of nitriles is 1. The lowest BCUT2D eigenvalue weighted by Crippen LogP contribution is -2.48. The molecule has 0 aromatic carbocycles. The van der Waals surface area contributed by atoms with Crippen LogP contribution in [0.2, 0.25) is 0 Å². The van der Waals surface area contributed by atoms with Crippen molar-refractivity contribution in [3.63, 3.8) is 0 Å². The molecule has 0 radical (unpaired) electrons. The Morgan fingerprint density at radius 1 is 1.26 bits per heavy atom. The molecule has 0 spiro atoms. The molecule has 2 atom stereocenters. The average Bonchev–Trinajstić information content (AvgIpc) is 3.30. The van der Waals surface area contributed by atoms with Gasteiger partial charge < -0.3 is 4.90 Å². The van der Waals surface area contributed by atoms with Crippen LogP contribution in [0.1, 0.15) is 51.4 Å². The van der Waals surface area contributed by atoms with Crippen molar-refractivity contribution in [2.45, 2.75) is 62.9 Å². The van der Waals surface area contributed by atoms with Crippen LogP contribution >= 0.6 is 0 Å². The molecule has 0 heterocycles. The maximum Gasteiger partial charge on any atom is 0.109 e. The Hall–Kier alpha value is -0.590. The van der Waals surface area contributed by atoms with E-state index in [1.165, 1.54) is 51.5 Å². The molecule has 19 heavy (non-hydrogen) atoms. The van der Waals surface area contributed by atoms with Crippen LogP contribution in [0.3, 0.4) is 0 Å². The van der Waals surface area contributed by atoms with Gasteiger partial charge in [-0.3, -0.25) is 5.32 Å². The van der Waals surface area contributed by atoms with E-state index in [9.17, 15) is 5.26 Å². The van der Waals surface area contributed by atoms with E-state index in [0.717, 1.165) is 18.9 Å². The monoisotopic (exact) mass is 261 g/mol. The number of rotatable bonds is 7. The third kappa shape index (κ3) is 3.30. The number of hydrogen-bond acceptors (Lipinski definition) is 3. The fourth-order valence-corrected chi connectivity index (χ4v) is 3.64. The summed E-state index contributed by atoms with van der Waals surface area (Å²) in [6.45, 7) is 2.43. The first-order valence-corrected chi connectivity index (χ1v) is 8.09. The van der Waals surface area contributed by atoms with Crippen LogP contribution in [0.4, 0.5) is 0 Å². The molecule has 2 unspecified atom stereocenters. The molecule has 3 aliphatic carbocycles. The van der Waals surface area contributed by atoms with Gasteiger partial charge in [0.1, 0.15) is 5.54 Å². The second-order valence-electron chi connectivity index (χ2n) is 7.09. The van der Waals surface area contributed by atoms with Gasteiger partial charge in [-0.05, 0) is 70.4 Å². The molecule has 3 saturated carbocycles. The summed E-state index contributed by atoms with van der Waals surface area (Å²) in [5, 5.41) is 13.3. The van der Waals surface area contributed by atoms with Crippen molar-refractivity contribution in [2.75, 3.05) is 20.1 Å². The van der Waals surface area contributed by atoms with Crippen molar-refractivity contribution in [1.29, 1.82) is 5.26 Å². The summed E-state index contributed by atoms with van der Waals surface area (Å²) in [4.78, 5) is 2.48. The Kier molecular flexibility index (Phi) is 3.82. The summed E-state index contributed by atoms with van der Waals surface area (Å²) >= 11 is 0. The highest BCUT2D eigenvalue weighted by molar-refractivity contribution is 5.16. The molecule has 1 N–H and O–H groups in total. The lowest BCUT2D eigenvalue weighted by Gasteiger charge is -2.31. The van der Waals surface area contributed by atoms with E-state index in [1.807, 2.05) is 0 Å². The summed E-state index contributed by atoms with van der Waals surface area (Å²) in [6, 6.07) is 3.29. The second kappa shape index (κ2) is 5.42. The molecule has 0 aromatic heterocycles. The summed E-state index contributed by atoms with van der Waals surface area (Å²) < 4.78 is 0. The highest BCUT2D eigenvalue weighted by atomic mass is 15.1. The summed E-state index contributed by atoms with van der Waals surface area (Å²) in [5.74, 6) is 1.54. The van der Waals surface area contributed by atoms with Crippen molar-refractivity contribution >= 4 is 0 Å². The third-order valence-corrected chi connectivity index (χ3v) is 5.19.